The maximum absolute atomic E-state index is 5.79. The molecule has 2 aromatic rings. The molecule has 1 nitrogen and oxygen atoms in total. The van der Waals surface area contributed by atoms with E-state index in [1.807, 2.05) is 24.3 Å². The van der Waals surface area contributed by atoms with E-state index in [0.29, 0.717) is 0 Å². The van der Waals surface area contributed by atoms with Gasteiger partial charge in [0, 0.05) is 16.8 Å². The number of anilines is 1. The second-order valence-electron chi connectivity index (χ2n) is 5.38. The first-order valence-corrected chi connectivity index (χ1v) is 6.86. The van der Waals surface area contributed by atoms with E-state index >= 15 is 0 Å². The Morgan fingerprint density at radius 2 is 1.30 bits per heavy atom. The van der Waals surface area contributed by atoms with Gasteiger partial charge in [-0.2, -0.15) is 0 Å². The molecule has 0 radical (unpaired) electrons. The lowest BCUT2D eigenvalue weighted by Gasteiger charge is -2.15. The summed E-state index contributed by atoms with van der Waals surface area (Å²) in [5, 5.41) is 0. The third-order valence-corrected chi connectivity index (χ3v) is 4.22. The van der Waals surface area contributed by atoms with Crippen LogP contribution in [0.1, 0.15) is 38.9 Å². The highest BCUT2D eigenvalue weighted by Crippen LogP contribution is 2.25. The first kappa shape index (κ1) is 14.2. The molecule has 1 heteroatoms. The van der Waals surface area contributed by atoms with Gasteiger partial charge in [-0.1, -0.05) is 17.9 Å². The molecule has 0 spiro atoms. The molecule has 0 aliphatic carbocycles. The van der Waals surface area contributed by atoms with Crippen molar-refractivity contribution in [3.63, 3.8) is 0 Å². The molecular formula is C19H21N. The molecule has 0 amide bonds. The fourth-order valence-corrected chi connectivity index (χ4v) is 2.44. The topological polar surface area (TPSA) is 26.0 Å². The summed E-state index contributed by atoms with van der Waals surface area (Å²) in [4.78, 5) is 0. The molecule has 0 aromatic heterocycles. The highest BCUT2D eigenvalue weighted by atomic mass is 14.5. The molecule has 0 saturated heterocycles. The first-order chi connectivity index (χ1) is 9.41. The van der Waals surface area contributed by atoms with Gasteiger partial charge in [0.2, 0.25) is 0 Å². The molecule has 0 saturated carbocycles. The van der Waals surface area contributed by atoms with Crippen molar-refractivity contribution in [3.8, 4) is 11.8 Å². The largest absolute Gasteiger partial charge is 0.399 e. The Morgan fingerprint density at radius 1 is 0.750 bits per heavy atom. The lowest BCUT2D eigenvalue weighted by molar-refractivity contribution is 1.16. The third kappa shape index (κ3) is 2.56. The van der Waals surface area contributed by atoms with Crippen molar-refractivity contribution in [3.05, 3.63) is 63.2 Å². The van der Waals surface area contributed by atoms with E-state index in [-0.39, 0.29) is 0 Å². The molecule has 0 aliphatic rings. The standard InChI is InChI=1S/C19H21N/c1-12-13(2)15(4)19(16(5)14(12)3)10-9-17-7-6-8-18(20)11-17/h6-8,11H,20H2,1-5H3. The zero-order valence-corrected chi connectivity index (χ0v) is 12.9. The highest BCUT2D eigenvalue weighted by molar-refractivity contribution is 5.58. The van der Waals surface area contributed by atoms with Crippen LogP contribution in [0.25, 0.3) is 0 Å². The fraction of sp³-hybridized carbons (Fsp3) is 0.263. The monoisotopic (exact) mass is 263 g/mol. The molecule has 2 rings (SSSR count). The van der Waals surface area contributed by atoms with Crippen molar-refractivity contribution >= 4 is 5.69 Å². The molecular weight excluding hydrogens is 242 g/mol. The van der Waals surface area contributed by atoms with Gasteiger partial charge in [-0.3, -0.25) is 0 Å². The second kappa shape index (κ2) is 5.43. The Bertz CT molecular complexity index is 698. The van der Waals surface area contributed by atoms with Gasteiger partial charge in [0.15, 0.2) is 0 Å². The summed E-state index contributed by atoms with van der Waals surface area (Å²) in [6, 6.07) is 7.71. The van der Waals surface area contributed by atoms with Crippen LogP contribution < -0.4 is 5.73 Å². The van der Waals surface area contributed by atoms with Crippen LogP contribution in [0.2, 0.25) is 0 Å². The smallest absolute Gasteiger partial charge is 0.0326 e. The zero-order chi connectivity index (χ0) is 14.9. The zero-order valence-electron chi connectivity index (χ0n) is 12.9. The molecule has 0 fully saturated rings. The average Bonchev–Trinajstić information content (AvgIpc) is 2.43. The van der Waals surface area contributed by atoms with E-state index in [1.54, 1.807) is 0 Å². The summed E-state index contributed by atoms with van der Waals surface area (Å²) in [6.07, 6.45) is 0. The van der Waals surface area contributed by atoms with Crippen molar-refractivity contribution in [2.45, 2.75) is 34.6 Å². The molecule has 2 aromatic carbocycles. The van der Waals surface area contributed by atoms with Gasteiger partial charge in [-0.25, -0.2) is 0 Å². The summed E-state index contributed by atoms with van der Waals surface area (Å²) in [7, 11) is 0. The summed E-state index contributed by atoms with van der Waals surface area (Å²) < 4.78 is 0. The number of hydrogen-bond acceptors (Lipinski definition) is 1. The van der Waals surface area contributed by atoms with E-state index in [0.717, 1.165) is 16.8 Å². The van der Waals surface area contributed by atoms with E-state index in [9.17, 15) is 0 Å². The molecule has 2 N–H and O–H groups in total. The number of rotatable bonds is 0. The number of nitrogens with two attached hydrogens (primary N) is 1. The second-order valence-corrected chi connectivity index (χ2v) is 5.38. The first-order valence-electron chi connectivity index (χ1n) is 6.86. The lowest BCUT2D eigenvalue weighted by atomic mass is 9.90. The predicted octanol–water partition coefficient (Wildman–Crippen LogP) is 4.21. The van der Waals surface area contributed by atoms with Crippen molar-refractivity contribution in [2.75, 3.05) is 5.73 Å². The number of benzene rings is 2. The van der Waals surface area contributed by atoms with Gasteiger partial charge in [0.25, 0.3) is 0 Å². The summed E-state index contributed by atoms with van der Waals surface area (Å²) >= 11 is 0. The maximum atomic E-state index is 5.79. The highest BCUT2D eigenvalue weighted by Gasteiger charge is 2.10. The quantitative estimate of drug-likeness (QED) is 0.559. The molecule has 0 aliphatic heterocycles. The molecule has 0 unspecified atom stereocenters. The Balaban J connectivity index is 2.56. The molecule has 0 bridgehead atoms. The van der Waals surface area contributed by atoms with Crippen molar-refractivity contribution < 1.29 is 0 Å². The SMILES string of the molecule is Cc1c(C)c(C)c(C#Cc2cccc(N)c2)c(C)c1C. The van der Waals surface area contributed by atoms with Gasteiger partial charge in [-0.15, -0.1) is 0 Å². The van der Waals surface area contributed by atoms with Gasteiger partial charge in [-0.05, 0) is 80.6 Å². The Morgan fingerprint density at radius 3 is 1.85 bits per heavy atom. The minimum atomic E-state index is 0.751. The number of hydrogen-bond donors (Lipinski definition) is 1. The normalized spacial score (nSPS) is 10.1. The molecule has 0 heterocycles. The Hall–Kier alpha value is -2.20. The van der Waals surface area contributed by atoms with Crippen LogP contribution in [-0.2, 0) is 0 Å². The number of nitrogen functional groups attached to an aromatic ring is 1. The van der Waals surface area contributed by atoms with Crippen LogP contribution in [0.5, 0.6) is 0 Å². The van der Waals surface area contributed by atoms with Gasteiger partial charge in [0.1, 0.15) is 0 Å². The minimum absolute atomic E-state index is 0.751. The third-order valence-electron chi connectivity index (χ3n) is 4.22. The molecule has 102 valence electrons. The summed E-state index contributed by atoms with van der Waals surface area (Å²) in [5.74, 6) is 6.56. The van der Waals surface area contributed by atoms with Crippen LogP contribution in [0.15, 0.2) is 24.3 Å². The predicted molar refractivity (Wildman–Crippen MR) is 87.0 cm³/mol. The summed E-state index contributed by atoms with van der Waals surface area (Å²) in [5.41, 5.74) is 15.2. The average molecular weight is 263 g/mol. The van der Waals surface area contributed by atoms with Crippen LogP contribution in [-0.4, -0.2) is 0 Å². The van der Waals surface area contributed by atoms with Gasteiger partial charge < -0.3 is 5.73 Å². The minimum Gasteiger partial charge on any atom is -0.399 e. The van der Waals surface area contributed by atoms with Gasteiger partial charge in [0.05, 0.1) is 0 Å². The fourth-order valence-electron chi connectivity index (χ4n) is 2.44. The lowest BCUT2D eigenvalue weighted by Crippen LogP contribution is -1.99. The maximum Gasteiger partial charge on any atom is 0.0326 e. The van der Waals surface area contributed by atoms with E-state index in [1.165, 1.54) is 27.8 Å². The van der Waals surface area contributed by atoms with E-state index < -0.39 is 0 Å². The van der Waals surface area contributed by atoms with Crippen molar-refractivity contribution in [1.29, 1.82) is 0 Å². The van der Waals surface area contributed by atoms with Crippen LogP contribution >= 0.6 is 0 Å². The van der Waals surface area contributed by atoms with Crippen molar-refractivity contribution in [2.24, 2.45) is 0 Å². The summed E-state index contributed by atoms with van der Waals surface area (Å²) in [6.45, 7) is 10.8. The van der Waals surface area contributed by atoms with Gasteiger partial charge >= 0.3 is 0 Å². The molecule has 0 atom stereocenters. The van der Waals surface area contributed by atoms with E-state index in [2.05, 4.69) is 46.5 Å². The van der Waals surface area contributed by atoms with Crippen molar-refractivity contribution in [1.82, 2.24) is 0 Å². The Kier molecular flexibility index (Phi) is 3.86. The van der Waals surface area contributed by atoms with Crippen LogP contribution in [0.4, 0.5) is 5.69 Å². The van der Waals surface area contributed by atoms with Crippen LogP contribution in [0.3, 0.4) is 0 Å². The Labute approximate surface area is 121 Å². The van der Waals surface area contributed by atoms with E-state index in [4.69, 9.17) is 5.73 Å². The van der Waals surface area contributed by atoms with Crippen LogP contribution in [0, 0.1) is 46.5 Å². The molecule has 20 heavy (non-hydrogen) atoms.